The molecule has 0 bridgehead atoms. The maximum absolute atomic E-state index is 13.9. The summed E-state index contributed by atoms with van der Waals surface area (Å²) in [5, 5.41) is 6.11. The molecule has 1 saturated carbocycles. The van der Waals surface area contributed by atoms with Crippen molar-refractivity contribution in [3.63, 3.8) is 0 Å². The van der Waals surface area contributed by atoms with Crippen LogP contribution in [0.15, 0.2) is 54.7 Å². The van der Waals surface area contributed by atoms with E-state index in [4.69, 9.17) is 31.0 Å². The van der Waals surface area contributed by atoms with Crippen molar-refractivity contribution < 1.29 is 28.7 Å². The number of rotatable bonds is 13. The summed E-state index contributed by atoms with van der Waals surface area (Å²) in [6, 6.07) is 14.4. The molecule has 0 spiro atoms. The highest BCUT2D eigenvalue weighted by molar-refractivity contribution is 7.99. The highest BCUT2D eigenvalue weighted by Crippen LogP contribution is 2.54. The Morgan fingerprint density at radius 1 is 0.831 bits per heavy atom. The molecule has 7 rings (SSSR count). The number of halogens is 1. The standard InChI is InChI=1S/C43H53ClN8O6S/c1-22(2)16-30(47-42(55)57-5)40(53)51-21-29(59-7)19-33(51)38-45-20-31(46-38)26-12-8-24(9-13-26)25-10-14-27(15-11-25)36-37(44)50-39(48-36)34-18-28-17-32(28)52(34)41(54)35(23(3)4)49-43(56)58-6/h8-15,20,22-23,28-30,32-35H,16-19,21H2,1-7H3,(H,45,46)(H,47,55)(H,48,50)(H,49,56)/t28-,29+,30+,32-,33+,34+,35+/m1/s1. The number of carbonyl (C=O) groups excluding carboxylic acids is 4. The van der Waals surface area contributed by atoms with Gasteiger partial charge in [0.2, 0.25) is 11.8 Å². The van der Waals surface area contributed by atoms with Crippen LogP contribution in [0.4, 0.5) is 9.59 Å². The number of hydrogen-bond acceptors (Lipinski definition) is 9. The summed E-state index contributed by atoms with van der Waals surface area (Å²) in [7, 11) is 2.59. The smallest absolute Gasteiger partial charge is 0.407 e. The summed E-state index contributed by atoms with van der Waals surface area (Å²) >= 11 is 8.48. The van der Waals surface area contributed by atoms with Crippen LogP contribution >= 0.6 is 23.4 Å². The molecule has 59 heavy (non-hydrogen) atoms. The molecule has 1 aliphatic carbocycles. The number of fused-ring (bicyclic) bond motifs is 1. The molecule has 14 nitrogen and oxygen atoms in total. The topological polar surface area (TPSA) is 175 Å². The Hall–Kier alpha value is -5.02. The van der Waals surface area contributed by atoms with Gasteiger partial charge < -0.3 is 39.9 Å². The minimum Gasteiger partial charge on any atom is -0.453 e. The highest BCUT2D eigenvalue weighted by Gasteiger charge is 2.56. The van der Waals surface area contributed by atoms with Crippen molar-refractivity contribution in [3.8, 4) is 33.6 Å². The zero-order valence-corrected chi connectivity index (χ0v) is 36.0. The largest absolute Gasteiger partial charge is 0.453 e. The zero-order chi connectivity index (χ0) is 42.1. The van der Waals surface area contributed by atoms with E-state index in [1.165, 1.54) is 14.2 Å². The summed E-state index contributed by atoms with van der Waals surface area (Å²) in [4.78, 5) is 72.1. The minimum absolute atomic E-state index is 0.119. The van der Waals surface area contributed by atoms with Gasteiger partial charge in [-0.3, -0.25) is 9.59 Å². The zero-order valence-electron chi connectivity index (χ0n) is 34.5. The predicted octanol–water partition coefficient (Wildman–Crippen LogP) is 7.61. The van der Waals surface area contributed by atoms with Gasteiger partial charge in [0.05, 0.1) is 38.2 Å². The van der Waals surface area contributed by atoms with E-state index < -0.39 is 24.3 Å². The maximum atomic E-state index is 13.9. The molecule has 2 aromatic heterocycles. The van der Waals surface area contributed by atoms with Crippen molar-refractivity contribution in [2.45, 2.75) is 88.8 Å². The van der Waals surface area contributed by atoms with Crippen molar-refractivity contribution >= 4 is 47.4 Å². The number of hydrogen-bond donors (Lipinski definition) is 4. The van der Waals surface area contributed by atoms with Gasteiger partial charge >= 0.3 is 12.2 Å². The number of ether oxygens (including phenoxy) is 2. The summed E-state index contributed by atoms with van der Waals surface area (Å²) in [6.07, 6.45) is 5.57. The second-order valence-electron chi connectivity index (χ2n) is 16.5. The Morgan fingerprint density at radius 3 is 2.07 bits per heavy atom. The van der Waals surface area contributed by atoms with Gasteiger partial charge in [-0.2, -0.15) is 11.8 Å². The number of aromatic nitrogens is 4. The number of nitrogens with zero attached hydrogens (tertiary/aromatic N) is 4. The van der Waals surface area contributed by atoms with Gasteiger partial charge in [0.15, 0.2) is 0 Å². The number of thioether (sulfide) groups is 1. The fraction of sp³-hybridized carbons (Fsp3) is 0.488. The third kappa shape index (κ3) is 8.96. The van der Waals surface area contributed by atoms with Crippen LogP contribution in [0.5, 0.6) is 0 Å². The van der Waals surface area contributed by atoms with Gasteiger partial charge in [0.25, 0.3) is 0 Å². The number of carbonyl (C=O) groups is 4. The fourth-order valence-electron chi connectivity index (χ4n) is 8.48. The van der Waals surface area contributed by atoms with Crippen LogP contribution in [0.1, 0.15) is 77.1 Å². The molecule has 3 fully saturated rings. The number of methoxy groups -OCH3 is 2. The lowest BCUT2D eigenvalue weighted by Crippen LogP contribution is -2.52. The molecule has 2 saturated heterocycles. The molecular weight excluding hydrogens is 792 g/mol. The lowest BCUT2D eigenvalue weighted by molar-refractivity contribution is -0.137. The molecule has 4 aromatic rings. The second-order valence-corrected chi connectivity index (χ2v) is 18.0. The summed E-state index contributed by atoms with van der Waals surface area (Å²) < 4.78 is 9.62. The summed E-state index contributed by atoms with van der Waals surface area (Å²) in [5.74, 6) is 1.53. The number of imidazole rings is 2. The van der Waals surface area contributed by atoms with Crippen molar-refractivity contribution in [2.24, 2.45) is 17.8 Å². The predicted molar refractivity (Wildman–Crippen MR) is 227 cm³/mol. The van der Waals surface area contributed by atoms with Gasteiger partial charge in [0, 0.05) is 23.4 Å². The molecule has 0 unspecified atom stereocenters. The SMILES string of the molecule is COC(=O)N[C@@H](CC(C)C)C(=O)N1C[C@@H](SC)C[C@H]1c1ncc(-c2ccc(-c3ccc(-c4nc([C@@H]5C[C@H]6C[C@H]6N5C(=O)[C@@H](NC(=O)OC)C(C)C)[nH]c4Cl)cc3)cc2)[nH]1. The van der Waals surface area contributed by atoms with Crippen molar-refractivity contribution in [1.82, 2.24) is 40.4 Å². The molecule has 3 aliphatic rings. The molecule has 0 radical (unpaired) electrons. The Bertz CT molecular complexity index is 2160. The van der Waals surface area contributed by atoms with Crippen molar-refractivity contribution in [1.29, 1.82) is 0 Å². The number of alkyl carbamates (subject to hydrolysis) is 2. The van der Waals surface area contributed by atoms with E-state index in [9.17, 15) is 19.2 Å². The lowest BCUT2D eigenvalue weighted by atomic mass is 10.0. The quantitative estimate of drug-likeness (QED) is 0.106. The number of likely N-dealkylation sites (tertiary alicyclic amines) is 2. The molecule has 4 amide bonds. The van der Waals surface area contributed by atoms with Crippen LogP contribution in [0, 0.1) is 17.8 Å². The number of H-pyrrole nitrogens is 2. The van der Waals surface area contributed by atoms with E-state index >= 15 is 0 Å². The van der Waals surface area contributed by atoms with E-state index in [1.54, 1.807) is 18.0 Å². The average molecular weight is 845 g/mol. The highest BCUT2D eigenvalue weighted by atomic mass is 35.5. The van der Waals surface area contributed by atoms with Crippen LogP contribution in [-0.2, 0) is 19.1 Å². The Kier molecular flexibility index (Phi) is 12.6. The first-order valence-electron chi connectivity index (χ1n) is 20.2. The minimum atomic E-state index is -0.715. The molecular formula is C43H53ClN8O6S. The Morgan fingerprint density at radius 2 is 1.46 bits per heavy atom. The lowest BCUT2D eigenvalue weighted by Gasteiger charge is -2.31. The molecule has 16 heteroatoms. The van der Waals surface area contributed by atoms with Crippen molar-refractivity contribution in [2.75, 3.05) is 27.0 Å². The molecule has 2 aromatic carbocycles. The van der Waals surface area contributed by atoms with E-state index in [0.29, 0.717) is 41.4 Å². The first-order valence-corrected chi connectivity index (χ1v) is 21.8. The number of benzene rings is 2. The Labute approximate surface area is 353 Å². The monoisotopic (exact) mass is 844 g/mol. The van der Waals surface area contributed by atoms with Crippen LogP contribution in [0.3, 0.4) is 0 Å². The van der Waals surface area contributed by atoms with Gasteiger partial charge in [0.1, 0.15) is 34.6 Å². The second kappa shape index (κ2) is 17.7. The summed E-state index contributed by atoms with van der Waals surface area (Å²) in [6.45, 7) is 8.41. The van der Waals surface area contributed by atoms with Crippen LogP contribution < -0.4 is 10.6 Å². The average Bonchev–Trinajstić information content (AvgIpc) is 3.67. The molecule has 314 valence electrons. The van der Waals surface area contributed by atoms with E-state index in [1.807, 2.05) is 80.1 Å². The van der Waals surface area contributed by atoms with Gasteiger partial charge in [-0.25, -0.2) is 19.6 Å². The molecule has 7 atom stereocenters. The molecule has 2 aliphatic heterocycles. The first-order chi connectivity index (χ1) is 28.3. The number of amides is 4. The van der Waals surface area contributed by atoms with Crippen LogP contribution in [0.2, 0.25) is 5.15 Å². The number of aromatic amines is 2. The molecule has 4 N–H and O–H groups in total. The number of nitrogens with one attached hydrogen (secondary N) is 4. The Balaban J connectivity index is 1.04. The van der Waals surface area contributed by atoms with Gasteiger partial charge in [-0.15, -0.1) is 0 Å². The first kappa shape index (κ1) is 42.1. The van der Waals surface area contributed by atoms with Gasteiger partial charge in [-0.05, 0) is 66.4 Å². The third-order valence-electron chi connectivity index (χ3n) is 11.7. The normalized spacial score (nSPS) is 22.0. The molecule has 4 heterocycles. The van der Waals surface area contributed by atoms with Crippen LogP contribution in [0.25, 0.3) is 33.6 Å². The summed E-state index contributed by atoms with van der Waals surface area (Å²) in [5.41, 5.74) is 5.30. The van der Waals surface area contributed by atoms with Crippen LogP contribution in [-0.4, -0.2) is 104 Å². The van der Waals surface area contributed by atoms with Crippen molar-refractivity contribution in [3.05, 3.63) is 71.5 Å². The van der Waals surface area contributed by atoms with Gasteiger partial charge in [-0.1, -0.05) is 87.8 Å². The maximum Gasteiger partial charge on any atom is 0.407 e. The van der Waals surface area contributed by atoms with E-state index in [0.717, 1.165) is 47.2 Å². The third-order valence-corrected chi connectivity index (χ3v) is 13.0. The van der Waals surface area contributed by atoms with E-state index in [2.05, 4.69) is 32.7 Å². The number of piperidine rings is 1. The van der Waals surface area contributed by atoms with E-state index in [-0.39, 0.29) is 47.0 Å². The fourth-order valence-corrected chi connectivity index (χ4v) is 9.41.